The molecule has 2 rings (SSSR count). The van der Waals surface area contributed by atoms with E-state index < -0.39 is 5.97 Å². The van der Waals surface area contributed by atoms with Crippen molar-refractivity contribution in [3.63, 3.8) is 0 Å². The number of aromatic nitrogens is 2. The monoisotopic (exact) mass is 259 g/mol. The van der Waals surface area contributed by atoms with Crippen LogP contribution in [-0.2, 0) is 16.0 Å². The summed E-state index contributed by atoms with van der Waals surface area (Å²) in [5.74, 6) is -0.418. The molecule has 0 bridgehead atoms. The maximum atomic E-state index is 11.7. The lowest BCUT2D eigenvalue weighted by Crippen LogP contribution is -2.14. The molecule has 0 N–H and O–H groups in total. The van der Waals surface area contributed by atoms with Crippen molar-refractivity contribution in [1.82, 2.24) is 9.78 Å². The number of esters is 1. The topological polar surface area (TPSA) is 53.4 Å². The van der Waals surface area contributed by atoms with E-state index in [1.165, 1.54) is 7.11 Å². The SMILES string of the molecule is [CH2+]OCCn1nc(-c2ccccc2)cc1C(=O)OC. The number of benzene rings is 1. The molecule has 0 aliphatic rings. The molecule has 0 aliphatic heterocycles. The third-order valence-corrected chi connectivity index (χ3v) is 2.69. The van der Waals surface area contributed by atoms with E-state index in [2.05, 4.69) is 12.2 Å². The lowest BCUT2D eigenvalue weighted by atomic mass is 10.1. The minimum Gasteiger partial charge on any atom is -0.464 e. The molecule has 0 fully saturated rings. The van der Waals surface area contributed by atoms with Gasteiger partial charge in [-0.05, 0) is 6.07 Å². The zero-order chi connectivity index (χ0) is 13.7. The summed E-state index contributed by atoms with van der Waals surface area (Å²) in [7, 11) is 4.65. The van der Waals surface area contributed by atoms with E-state index in [0.29, 0.717) is 18.8 Å². The first kappa shape index (κ1) is 13.2. The van der Waals surface area contributed by atoms with Crippen LogP contribution < -0.4 is 0 Å². The summed E-state index contributed by atoms with van der Waals surface area (Å²) >= 11 is 0. The van der Waals surface area contributed by atoms with E-state index in [1.54, 1.807) is 10.7 Å². The highest BCUT2D eigenvalue weighted by Crippen LogP contribution is 2.19. The molecular formula is C14H15N2O3+. The van der Waals surface area contributed by atoms with Crippen molar-refractivity contribution in [1.29, 1.82) is 0 Å². The van der Waals surface area contributed by atoms with Crippen molar-refractivity contribution in [3.05, 3.63) is 49.2 Å². The Morgan fingerprint density at radius 1 is 1.37 bits per heavy atom. The number of nitrogens with zero attached hydrogens (tertiary/aromatic N) is 2. The van der Waals surface area contributed by atoms with E-state index in [4.69, 9.17) is 9.47 Å². The van der Waals surface area contributed by atoms with Crippen LogP contribution in [0.3, 0.4) is 0 Å². The number of hydrogen-bond acceptors (Lipinski definition) is 4. The van der Waals surface area contributed by atoms with Gasteiger partial charge < -0.3 is 4.74 Å². The molecule has 1 aromatic carbocycles. The highest BCUT2D eigenvalue weighted by atomic mass is 16.5. The van der Waals surface area contributed by atoms with Crippen LogP contribution in [0.15, 0.2) is 36.4 Å². The van der Waals surface area contributed by atoms with Crippen molar-refractivity contribution in [2.45, 2.75) is 6.54 Å². The predicted molar refractivity (Wildman–Crippen MR) is 70.3 cm³/mol. The molecule has 5 nitrogen and oxygen atoms in total. The minimum atomic E-state index is -0.418. The van der Waals surface area contributed by atoms with Crippen molar-refractivity contribution in [2.75, 3.05) is 13.7 Å². The lowest BCUT2D eigenvalue weighted by Gasteiger charge is -2.02. The molecule has 98 valence electrons. The molecular weight excluding hydrogens is 244 g/mol. The maximum Gasteiger partial charge on any atom is 0.356 e. The normalized spacial score (nSPS) is 10.4. The van der Waals surface area contributed by atoms with Gasteiger partial charge in [-0.15, -0.1) is 0 Å². The molecule has 0 atom stereocenters. The Morgan fingerprint density at radius 2 is 2.11 bits per heavy atom. The largest absolute Gasteiger partial charge is 0.464 e. The number of carbonyl (C=O) groups excluding carboxylic acids is 1. The second-order valence-electron chi connectivity index (χ2n) is 3.90. The van der Waals surface area contributed by atoms with Crippen LogP contribution in [0.1, 0.15) is 10.5 Å². The van der Waals surface area contributed by atoms with Gasteiger partial charge >= 0.3 is 5.97 Å². The fourth-order valence-corrected chi connectivity index (χ4v) is 1.76. The standard InChI is InChI=1S/C14H15N2O3/c1-18-9-8-16-13(14(17)19-2)10-12(15-16)11-6-4-3-5-7-11/h3-7,10H,1,8-9H2,2H3/q+1. The van der Waals surface area contributed by atoms with Crippen LogP contribution in [0, 0.1) is 7.11 Å². The zero-order valence-electron chi connectivity index (χ0n) is 10.7. The molecule has 0 amide bonds. The first-order chi connectivity index (χ1) is 9.26. The average Bonchev–Trinajstić information content (AvgIpc) is 2.89. The van der Waals surface area contributed by atoms with Gasteiger partial charge in [0.25, 0.3) is 0 Å². The van der Waals surface area contributed by atoms with Crippen LogP contribution >= 0.6 is 0 Å². The van der Waals surface area contributed by atoms with Crippen LogP contribution in [-0.4, -0.2) is 29.5 Å². The van der Waals surface area contributed by atoms with E-state index in [-0.39, 0.29) is 0 Å². The first-order valence-corrected chi connectivity index (χ1v) is 5.85. The predicted octanol–water partition coefficient (Wildman–Crippen LogP) is 2.14. The van der Waals surface area contributed by atoms with Gasteiger partial charge in [0.1, 0.15) is 12.3 Å². The van der Waals surface area contributed by atoms with Crippen molar-refractivity contribution in [2.24, 2.45) is 0 Å². The van der Waals surface area contributed by atoms with Crippen LogP contribution in [0.5, 0.6) is 0 Å². The summed E-state index contributed by atoms with van der Waals surface area (Å²) < 4.78 is 11.1. The Labute approximate surface area is 111 Å². The van der Waals surface area contributed by atoms with Gasteiger partial charge in [-0.3, -0.25) is 4.68 Å². The zero-order valence-corrected chi connectivity index (χ0v) is 10.7. The third-order valence-electron chi connectivity index (χ3n) is 2.69. The number of rotatable bonds is 5. The van der Waals surface area contributed by atoms with Crippen LogP contribution in [0.4, 0.5) is 0 Å². The summed E-state index contributed by atoms with van der Waals surface area (Å²) in [4.78, 5) is 11.7. The molecule has 1 aromatic heterocycles. The third kappa shape index (κ3) is 2.95. The van der Waals surface area contributed by atoms with Gasteiger partial charge in [0, 0.05) is 5.56 Å². The minimum absolute atomic E-state index is 0.375. The van der Waals surface area contributed by atoms with Gasteiger partial charge in [0.2, 0.25) is 7.11 Å². The Bertz CT molecular complexity index is 549. The fraction of sp³-hybridized carbons (Fsp3) is 0.214. The number of methoxy groups -OCH3 is 1. The summed E-state index contributed by atoms with van der Waals surface area (Å²) in [5.41, 5.74) is 2.07. The summed E-state index contributed by atoms with van der Waals surface area (Å²) in [6, 6.07) is 11.4. The molecule has 0 spiro atoms. The summed E-state index contributed by atoms with van der Waals surface area (Å²) in [6.45, 7) is 0.820. The number of hydrogen-bond donors (Lipinski definition) is 0. The van der Waals surface area contributed by atoms with E-state index in [0.717, 1.165) is 11.3 Å². The summed E-state index contributed by atoms with van der Waals surface area (Å²) in [6.07, 6.45) is 0. The van der Waals surface area contributed by atoms with E-state index >= 15 is 0 Å². The van der Waals surface area contributed by atoms with Crippen molar-refractivity contribution < 1.29 is 14.3 Å². The van der Waals surface area contributed by atoms with Crippen molar-refractivity contribution in [3.8, 4) is 11.3 Å². The van der Waals surface area contributed by atoms with Crippen LogP contribution in [0.2, 0.25) is 0 Å². The molecule has 1 heterocycles. The molecule has 19 heavy (non-hydrogen) atoms. The molecule has 2 aromatic rings. The smallest absolute Gasteiger partial charge is 0.356 e. The molecule has 0 radical (unpaired) electrons. The Balaban J connectivity index is 2.36. The van der Waals surface area contributed by atoms with Gasteiger partial charge in [0.05, 0.1) is 19.3 Å². The first-order valence-electron chi connectivity index (χ1n) is 5.85. The second-order valence-corrected chi connectivity index (χ2v) is 3.90. The van der Waals surface area contributed by atoms with Gasteiger partial charge in [0.15, 0.2) is 0 Å². The van der Waals surface area contributed by atoms with E-state index in [1.807, 2.05) is 30.3 Å². The van der Waals surface area contributed by atoms with Gasteiger partial charge in [-0.2, -0.15) is 9.84 Å². The molecule has 5 heteroatoms. The highest BCUT2D eigenvalue weighted by Gasteiger charge is 2.16. The lowest BCUT2D eigenvalue weighted by molar-refractivity contribution is 0.0584. The Hall–Kier alpha value is -2.27. The van der Waals surface area contributed by atoms with Gasteiger partial charge in [-0.1, -0.05) is 30.3 Å². The van der Waals surface area contributed by atoms with Gasteiger partial charge in [-0.25, -0.2) is 4.79 Å². The second kappa shape index (κ2) is 6.06. The number of carbonyl (C=O) groups is 1. The fourth-order valence-electron chi connectivity index (χ4n) is 1.76. The quantitative estimate of drug-likeness (QED) is 0.610. The molecule has 0 saturated carbocycles. The summed E-state index contributed by atoms with van der Waals surface area (Å²) in [5, 5.41) is 4.40. The molecule has 0 saturated heterocycles. The highest BCUT2D eigenvalue weighted by molar-refractivity contribution is 5.88. The average molecular weight is 259 g/mol. The maximum absolute atomic E-state index is 11.7. The number of ether oxygens (including phenoxy) is 2. The van der Waals surface area contributed by atoms with Crippen LogP contribution in [0.25, 0.3) is 11.3 Å². The Kier molecular flexibility index (Phi) is 4.20. The van der Waals surface area contributed by atoms with E-state index in [9.17, 15) is 4.79 Å². The van der Waals surface area contributed by atoms with Crippen molar-refractivity contribution >= 4 is 5.97 Å². The Morgan fingerprint density at radius 3 is 2.74 bits per heavy atom. The molecule has 0 unspecified atom stereocenters. The molecule has 0 aliphatic carbocycles.